The van der Waals surface area contributed by atoms with Crippen LogP contribution in [0.2, 0.25) is 0 Å². The SMILES string of the molecule is CC(CN)C(=O)Nc1ccc(NC(=O)CCN2CCCCC2)cc1.Cl.Cl. The van der Waals surface area contributed by atoms with Crippen molar-refractivity contribution in [3.63, 3.8) is 0 Å². The van der Waals surface area contributed by atoms with E-state index in [1.807, 2.05) is 0 Å². The van der Waals surface area contributed by atoms with Crippen LogP contribution in [0, 0.1) is 5.92 Å². The monoisotopic (exact) mass is 404 g/mol. The van der Waals surface area contributed by atoms with Gasteiger partial charge in [-0.1, -0.05) is 13.3 Å². The second-order valence-corrected chi connectivity index (χ2v) is 6.40. The third kappa shape index (κ3) is 8.36. The molecule has 0 bridgehead atoms. The van der Waals surface area contributed by atoms with Crippen LogP contribution in [0.15, 0.2) is 24.3 Å². The molecule has 26 heavy (non-hydrogen) atoms. The third-order valence-electron chi connectivity index (χ3n) is 4.34. The van der Waals surface area contributed by atoms with E-state index in [4.69, 9.17) is 5.73 Å². The maximum Gasteiger partial charge on any atom is 0.228 e. The lowest BCUT2D eigenvalue weighted by molar-refractivity contribution is -0.119. The highest BCUT2D eigenvalue weighted by Gasteiger charge is 2.12. The molecule has 148 valence electrons. The Morgan fingerprint density at radius 1 is 1.04 bits per heavy atom. The van der Waals surface area contributed by atoms with Crippen LogP contribution in [0.25, 0.3) is 0 Å². The highest BCUT2D eigenvalue weighted by Crippen LogP contribution is 2.15. The molecular formula is C18H30Cl2N4O2. The topological polar surface area (TPSA) is 87.5 Å². The molecule has 2 rings (SSSR count). The molecule has 1 aromatic rings. The molecule has 0 spiro atoms. The Bertz CT molecular complexity index is 549. The Kier molecular flexibility index (Phi) is 12.3. The van der Waals surface area contributed by atoms with E-state index in [9.17, 15) is 9.59 Å². The van der Waals surface area contributed by atoms with E-state index in [1.54, 1.807) is 31.2 Å². The summed E-state index contributed by atoms with van der Waals surface area (Å²) in [7, 11) is 0. The summed E-state index contributed by atoms with van der Waals surface area (Å²) >= 11 is 0. The molecule has 1 atom stereocenters. The first kappa shape index (κ1) is 24.7. The molecular weight excluding hydrogens is 375 g/mol. The van der Waals surface area contributed by atoms with E-state index in [0.29, 0.717) is 18.7 Å². The van der Waals surface area contributed by atoms with Crippen molar-refractivity contribution in [2.45, 2.75) is 32.6 Å². The van der Waals surface area contributed by atoms with Gasteiger partial charge in [-0.25, -0.2) is 0 Å². The summed E-state index contributed by atoms with van der Waals surface area (Å²) in [6.45, 7) is 5.12. The van der Waals surface area contributed by atoms with Gasteiger partial charge in [-0.3, -0.25) is 9.59 Å². The molecule has 1 fully saturated rings. The molecule has 1 aromatic carbocycles. The fourth-order valence-corrected chi connectivity index (χ4v) is 2.68. The molecule has 0 radical (unpaired) electrons. The summed E-state index contributed by atoms with van der Waals surface area (Å²) in [5.41, 5.74) is 6.92. The second-order valence-electron chi connectivity index (χ2n) is 6.40. The van der Waals surface area contributed by atoms with Crippen LogP contribution >= 0.6 is 24.8 Å². The molecule has 4 N–H and O–H groups in total. The minimum absolute atomic E-state index is 0. The summed E-state index contributed by atoms with van der Waals surface area (Å²) in [4.78, 5) is 26.1. The summed E-state index contributed by atoms with van der Waals surface area (Å²) in [5.74, 6) is -0.302. The van der Waals surface area contributed by atoms with Crippen LogP contribution < -0.4 is 16.4 Å². The van der Waals surface area contributed by atoms with Crippen molar-refractivity contribution in [3.05, 3.63) is 24.3 Å². The number of nitrogens with zero attached hydrogens (tertiary/aromatic N) is 1. The van der Waals surface area contributed by atoms with Gasteiger partial charge >= 0.3 is 0 Å². The zero-order valence-corrected chi connectivity index (χ0v) is 16.8. The average Bonchev–Trinajstić information content (AvgIpc) is 2.61. The van der Waals surface area contributed by atoms with Gasteiger partial charge in [0.25, 0.3) is 0 Å². The van der Waals surface area contributed by atoms with Gasteiger partial charge in [-0.15, -0.1) is 24.8 Å². The quantitative estimate of drug-likeness (QED) is 0.651. The third-order valence-corrected chi connectivity index (χ3v) is 4.34. The molecule has 1 saturated heterocycles. The first-order chi connectivity index (χ1) is 11.6. The van der Waals surface area contributed by atoms with E-state index < -0.39 is 0 Å². The summed E-state index contributed by atoms with van der Waals surface area (Å²) in [6.07, 6.45) is 4.28. The molecule has 1 heterocycles. The van der Waals surface area contributed by atoms with Crippen LogP contribution in [0.4, 0.5) is 11.4 Å². The highest BCUT2D eigenvalue weighted by molar-refractivity contribution is 5.94. The highest BCUT2D eigenvalue weighted by atomic mass is 35.5. The average molecular weight is 405 g/mol. The Morgan fingerprint density at radius 3 is 2.12 bits per heavy atom. The maximum atomic E-state index is 12.0. The lowest BCUT2D eigenvalue weighted by atomic mass is 10.1. The number of likely N-dealkylation sites (tertiary alicyclic amines) is 1. The number of anilines is 2. The van der Waals surface area contributed by atoms with Gasteiger partial charge in [0.1, 0.15) is 0 Å². The fraction of sp³-hybridized carbons (Fsp3) is 0.556. The molecule has 8 heteroatoms. The number of nitrogens with two attached hydrogens (primary N) is 1. The number of benzene rings is 1. The number of carbonyl (C=O) groups excluding carboxylic acids is 2. The number of carbonyl (C=O) groups is 2. The number of rotatable bonds is 7. The van der Waals surface area contributed by atoms with Crippen molar-refractivity contribution in [2.24, 2.45) is 11.7 Å². The lowest BCUT2D eigenvalue weighted by Gasteiger charge is -2.25. The van der Waals surface area contributed by atoms with Gasteiger partial charge < -0.3 is 21.3 Å². The van der Waals surface area contributed by atoms with Gasteiger partial charge in [0.05, 0.1) is 0 Å². The number of nitrogens with one attached hydrogen (secondary N) is 2. The van der Waals surface area contributed by atoms with Crippen LogP contribution in [0.5, 0.6) is 0 Å². The number of halogens is 2. The summed E-state index contributed by atoms with van der Waals surface area (Å²) in [6, 6.07) is 7.14. The number of hydrogen-bond acceptors (Lipinski definition) is 4. The van der Waals surface area contributed by atoms with Crippen LogP contribution in [-0.4, -0.2) is 42.9 Å². The van der Waals surface area contributed by atoms with Gasteiger partial charge in [0.15, 0.2) is 0 Å². The van der Waals surface area contributed by atoms with E-state index in [2.05, 4.69) is 15.5 Å². The van der Waals surface area contributed by atoms with Gasteiger partial charge in [-0.05, 0) is 50.2 Å². The van der Waals surface area contributed by atoms with Crippen molar-refractivity contribution in [1.82, 2.24) is 4.90 Å². The standard InChI is InChI=1S/C18H28N4O2.2ClH/c1-14(13-19)18(24)21-16-7-5-15(6-8-16)20-17(23)9-12-22-10-3-2-4-11-22;;/h5-8,14H,2-4,9-13,19H2,1H3,(H,20,23)(H,21,24);2*1H. The number of hydrogen-bond donors (Lipinski definition) is 3. The van der Waals surface area contributed by atoms with E-state index >= 15 is 0 Å². The molecule has 1 aliphatic rings. The normalized spacial score (nSPS) is 15.2. The first-order valence-electron chi connectivity index (χ1n) is 8.71. The van der Waals surface area contributed by atoms with Crippen LogP contribution in [0.3, 0.4) is 0 Å². The Hall–Kier alpha value is -1.34. The Morgan fingerprint density at radius 2 is 1.58 bits per heavy atom. The minimum atomic E-state index is -0.223. The summed E-state index contributed by atoms with van der Waals surface area (Å²) in [5, 5.41) is 5.70. The second kappa shape index (κ2) is 12.9. The van der Waals surface area contributed by atoms with E-state index in [0.717, 1.165) is 25.3 Å². The Balaban J connectivity index is 0.00000312. The van der Waals surface area contributed by atoms with E-state index in [1.165, 1.54) is 19.3 Å². The molecule has 1 aliphatic heterocycles. The predicted molar refractivity (Wildman–Crippen MR) is 111 cm³/mol. The first-order valence-corrected chi connectivity index (χ1v) is 8.71. The van der Waals surface area contributed by atoms with Gasteiger partial charge in [-0.2, -0.15) is 0 Å². The van der Waals surface area contributed by atoms with Gasteiger partial charge in [0.2, 0.25) is 11.8 Å². The zero-order valence-electron chi connectivity index (χ0n) is 15.2. The molecule has 0 aliphatic carbocycles. The predicted octanol–water partition coefficient (Wildman–Crippen LogP) is 2.88. The largest absolute Gasteiger partial charge is 0.330 e. The van der Waals surface area contributed by atoms with Crippen molar-refractivity contribution in [3.8, 4) is 0 Å². The molecule has 2 amide bonds. The maximum absolute atomic E-state index is 12.0. The van der Waals surface area contributed by atoms with Crippen molar-refractivity contribution < 1.29 is 9.59 Å². The zero-order chi connectivity index (χ0) is 17.4. The Labute approximate surface area is 168 Å². The van der Waals surface area contributed by atoms with Crippen LogP contribution in [0.1, 0.15) is 32.6 Å². The smallest absolute Gasteiger partial charge is 0.228 e. The van der Waals surface area contributed by atoms with Gasteiger partial charge in [0, 0.05) is 36.8 Å². The molecule has 0 aromatic heterocycles. The number of piperidine rings is 1. The van der Waals surface area contributed by atoms with Crippen molar-refractivity contribution in [2.75, 3.05) is 36.8 Å². The van der Waals surface area contributed by atoms with E-state index in [-0.39, 0.29) is 42.5 Å². The summed E-state index contributed by atoms with van der Waals surface area (Å²) < 4.78 is 0. The van der Waals surface area contributed by atoms with Crippen LogP contribution in [-0.2, 0) is 9.59 Å². The molecule has 6 nitrogen and oxygen atoms in total. The van der Waals surface area contributed by atoms with Crippen molar-refractivity contribution >= 4 is 48.0 Å². The number of amides is 2. The minimum Gasteiger partial charge on any atom is -0.330 e. The fourth-order valence-electron chi connectivity index (χ4n) is 2.68. The molecule has 0 saturated carbocycles. The van der Waals surface area contributed by atoms with Crippen molar-refractivity contribution in [1.29, 1.82) is 0 Å². The lowest BCUT2D eigenvalue weighted by Crippen LogP contribution is -2.32. The molecule has 1 unspecified atom stereocenters.